The van der Waals surface area contributed by atoms with Gasteiger partial charge >= 0.3 is 6.09 Å². The molecule has 0 fully saturated rings. The van der Waals surface area contributed by atoms with Crippen molar-refractivity contribution in [2.24, 2.45) is 0 Å². The highest BCUT2D eigenvalue weighted by Gasteiger charge is 2.19. The van der Waals surface area contributed by atoms with E-state index in [2.05, 4.69) is 35.0 Å². The Labute approximate surface area is 227 Å². The van der Waals surface area contributed by atoms with Crippen LogP contribution in [0.25, 0.3) is 0 Å². The van der Waals surface area contributed by atoms with Crippen LogP contribution < -0.4 is 16.0 Å². The van der Waals surface area contributed by atoms with Crippen molar-refractivity contribution in [1.82, 2.24) is 16.0 Å². The Kier molecular flexibility index (Phi) is 21.8. The molecule has 37 heavy (non-hydrogen) atoms. The van der Waals surface area contributed by atoms with E-state index in [-0.39, 0.29) is 11.8 Å². The van der Waals surface area contributed by atoms with Gasteiger partial charge in [-0.05, 0) is 72.1 Å². The molecular formula is C30H57N3O4. The van der Waals surface area contributed by atoms with Gasteiger partial charge < -0.3 is 20.7 Å². The van der Waals surface area contributed by atoms with Crippen LogP contribution in [0.15, 0.2) is 12.2 Å². The molecule has 0 aromatic rings. The van der Waals surface area contributed by atoms with E-state index in [1.54, 1.807) is 7.05 Å². The molecule has 0 spiro atoms. The van der Waals surface area contributed by atoms with Crippen LogP contribution >= 0.6 is 0 Å². The molecule has 0 aliphatic rings. The number of unbranched alkanes of at least 4 members (excludes halogenated alkanes) is 12. The highest BCUT2D eigenvalue weighted by molar-refractivity contribution is 5.87. The van der Waals surface area contributed by atoms with Crippen molar-refractivity contribution in [2.45, 2.75) is 148 Å². The average molecular weight is 524 g/mol. The maximum Gasteiger partial charge on any atom is 0.407 e. The molecule has 0 saturated carbocycles. The molecule has 0 aromatic heterocycles. The smallest absolute Gasteiger partial charge is 0.407 e. The summed E-state index contributed by atoms with van der Waals surface area (Å²) in [4.78, 5) is 36.2. The molecule has 0 radical (unpaired) electrons. The van der Waals surface area contributed by atoms with E-state index < -0.39 is 17.7 Å². The lowest BCUT2D eigenvalue weighted by Crippen LogP contribution is -2.45. The van der Waals surface area contributed by atoms with Gasteiger partial charge in [0.2, 0.25) is 11.8 Å². The highest BCUT2D eigenvalue weighted by Crippen LogP contribution is 2.11. The predicted octanol–water partition coefficient (Wildman–Crippen LogP) is 6.95. The average Bonchev–Trinajstić information content (AvgIpc) is 2.83. The fraction of sp³-hybridized carbons (Fsp3) is 0.833. The third-order valence-electron chi connectivity index (χ3n) is 6.15. The van der Waals surface area contributed by atoms with Crippen LogP contribution in [-0.4, -0.2) is 43.1 Å². The maximum absolute atomic E-state index is 12.3. The Balaban J connectivity index is 3.84. The van der Waals surface area contributed by atoms with Crippen LogP contribution in [0, 0.1) is 0 Å². The summed E-state index contributed by atoms with van der Waals surface area (Å²) in [7, 11) is 1.58. The molecule has 0 rings (SSSR count). The number of carbonyl (C=O) groups excluding carboxylic acids is 3. The van der Waals surface area contributed by atoms with E-state index in [4.69, 9.17) is 4.74 Å². The molecule has 0 aromatic carbocycles. The number of alkyl carbamates (subject to hydrolysis) is 1. The second-order valence-corrected chi connectivity index (χ2v) is 11.0. The Bertz CT molecular complexity index is 629. The Hall–Kier alpha value is -2.05. The molecule has 1 atom stereocenters. The van der Waals surface area contributed by atoms with Crippen molar-refractivity contribution in [1.29, 1.82) is 0 Å². The van der Waals surface area contributed by atoms with Gasteiger partial charge in [-0.25, -0.2) is 4.79 Å². The SMILES string of the molecule is CCCCCCCC/C=C\CCCCCCCC(=O)NC(CCCCNC(=O)OC(C)(C)C)C(=O)NC. The van der Waals surface area contributed by atoms with Gasteiger partial charge in [-0.2, -0.15) is 0 Å². The fourth-order valence-corrected chi connectivity index (χ4v) is 4.04. The second-order valence-electron chi connectivity index (χ2n) is 11.0. The van der Waals surface area contributed by atoms with E-state index >= 15 is 0 Å². The number of hydrogen-bond donors (Lipinski definition) is 3. The second kappa shape index (κ2) is 23.1. The summed E-state index contributed by atoms with van der Waals surface area (Å²) in [6.07, 6.45) is 22.5. The van der Waals surface area contributed by atoms with Gasteiger partial charge in [0.1, 0.15) is 11.6 Å². The zero-order valence-electron chi connectivity index (χ0n) is 24.6. The predicted molar refractivity (Wildman–Crippen MR) is 154 cm³/mol. The number of nitrogens with one attached hydrogen (secondary N) is 3. The number of amides is 3. The van der Waals surface area contributed by atoms with E-state index in [9.17, 15) is 14.4 Å². The van der Waals surface area contributed by atoms with Crippen molar-refractivity contribution < 1.29 is 19.1 Å². The molecule has 0 aliphatic heterocycles. The van der Waals surface area contributed by atoms with E-state index in [0.717, 1.165) is 25.7 Å². The van der Waals surface area contributed by atoms with Crippen molar-refractivity contribution >= 4 is 17.9 Å². The third-order valence-corrected chi connectivity index (χ3v) is 6.15. The normalized spacial score (nSPS) is 12.4. The first-order valence-electron chi connectivity index (χ1n) is 14.8. The molecular weight excluding hydrogens is 466 g/mol. The first-order valence-corrected chi connectivity index (χ1v) is 14.8. The highest BCUT2D eigenvalue weighted by atomic mass is 16.6. The van der Waals surface area contributed by atoms with Crippen molar-refractivity contribution in [3.05, 3.63) is 12.2 Å². The first-order chi connectivity index (χ1) is 17.7. The number of carbonyl (C=O) groups is 3. The Morgan fingerprint density at radius 1 is 0.784 bits per heavy atom. The summed E-state index contributed by atoms with van der Waals surface area (Å²) < 4.78 is 5.20. The maximum atomic E-state index is 12.3. The van der Waals surface area contributed by atoms with Gasteiger partial charge in [-0.3, -0.25) is 9.59 Å². The molecule has 0 saturated heterocycles. The Morgan fingerprint density at radius 3 is 1.92 bits per heavy atom. The van der Waals surface area contributed by atoms with Crippen molar-refractivity contribution in [3.63, 3.8) is 0 Å². The van der Waals surface area contributed by atoms with Crippen LogP contribution in [0.4, 0.5) is 4.79 Å². The number of ether oxygens (including phenoxy) is 1. The number of rotatable bonds is 22. The van der Waals surface area contributed by atoms with Crippen LogP contribution in [0.1, 0.15) is 137 Å². The molecule has 7 heteroatoms. The van der Waals surface area contributed by atoms with E-state index in [1.807, 2.05) is 20.8 Å². The lowest BCUT2D eigenvalue weighted by molar-refractivity contribution is -0.129. The first kappa shape index (κ1) is 35.0. The summed E-state index contributed by atoms with van der Waals surface area (Å²) in [5, 5.41) is 8.22. The number of likely N-dealkylation sites (N-methyl/N-ethyl adjacent to an activating group) is 1. The lowest BCUT2D eigenvalue weighted by Gasteiger charge is -2.20. The minimum Gasteiger partial charge on any atom is -0.444 e. The fourth-order valence-electron chi connectivity index (χ4n) is 4.04. The largest absolute Gasteiger partial charge is 0.444 e. The topological polar surface area (TPSA) is 96.5 Å². The molecule has 7 nitrogen and oxygen atoms in total. The zero-order chi connectivity index (χ0) is 27.8. The van der Waals surface area contributed by atoms with Gasteiger partial charge in [-0.15, -0.1) is 0 Å². The summed E-state index contributed by atoms with van der Waals surface area (Å²) in [6, 6.07) is -0.540. The van der Waals surface area contributed by atoms with Crippen LogP contribution in [0.2, 0.25) is 0 Å². The number of hydrogen-bond acceptors (Lipinski definition) is 4. The van der Waals surface area contributed by atoms with Gasteiger partial charge in [0, 0.05) is 20.0 Å². The molecule has 3 N–H and O–H groups in total. The summed E-state index contributed by atoms with van der Waals surface area (Å²) in [6.45, 7) is 8.18. The molecule has 0 heterocycles. The van der Waals surface area contributed by atoms with Gasteiger partial charge in [-0.1, -0.05) is 70.4 Å². The molecule has 1 unspecified atom stereocenters. The monoisotopic (exact) mass is 523 g/mol. The van der Waals surface area contributed by atoms with E-state index in [1.165, 1.54) is 57.8 Å². The third kappa shape index (κ3) is 24.1. The van der Waals surface area contributed by atoms with Crippen LogP contribution in [-0.2, 0) is 14.3 Å². The van der Waals surface area contributed by atoms with Crippen molar-refractivity contribution in [3.8, 4) is 0 Å². The summed E-state index contributed by atoms with van der Waals surface area (Å²) >= 11 is 0. The van der Waals surface area contributed by atoms with Gasteiger partial charge in [0.15, 0.2) is 0 Å². The number of allylic oxidation sites excluding steroid dienone is 2. The molecule has 3 amide bonds. The molecule has 216 valence electrons. The molecule has 0 bridgehead atoms. The minimum absolute atomic E-state index is 0.0712. The Morgan fingerprint density at radius 2 is 1.35 bits per heavy atom. The lowest BCUT2D eigenvalue weighted by atomic mass is 10.1. The van der Waals surface area contributed by atoms with Crippen LogP contribution in [0.3, 0.4) is 0 Å². The van der Waals surface area contributed by atoms with Gasteiger partial charge in [0.25, 0.3) is 0 Å². The summed E-state index contributed by atoms with van der Waals surface area (Å²) in [5.74, 6) is -0.254. The minimum atomic E-state index is -0.540. The zero-order valence-corrected chi connectivity index (χ0v) is 24.6. The van der Waals surface area contributed by atoms with Crippen LogP contribution in [0.5, 0.6) is 0 Å². The van der Waals surface area contributed by atoms with E-state index in [0.29, 0.717) is 32.2 Å². The van der Waals surface area contributed by atoms with Crippen molar-refractivity contribution in [2.75, 3.05) is 13.6 Å². The van der Waals surface area contributed by atoms with Gasteiger partial charge in [0.05, 0.1) is 0 Å². The quantitative estimate of drug-likeness (QED) is 0.106. The molecule has 0 aliphatic carbocycles. The summed E-state index contributed by atoms with van der Waals surface area (Å²) in [5.41, 5.74) is -0.525. The standard InChI is InChI=1S/C30H57N3O4/c1-6-7-8-9-10-11-12-13-14-15-16-17-18-19-20-24-27(34)33-26(28(35)31-5)23-21-22-25-32-29(36)37-30(2,3)4/h13-14,26H,6-12,15-25H2,1-5H3,(H,31,35)(H,32,36)(H,33,34)/b14-13-.